The summed E-state index contributed by atoms with van der Waals surface area (Å²) in [6.45, 7) is 0. The summed E-state index contributed by atoms with van der Waals surface area (Å²) in [4.78, 5) is 0. The quantitative estimate of drug-likeness (QED) is 0.234. The summed E-state index contributed by atoms with van der Waals surface area (Å²) in [6, 6.07) is 22.3. The minimum Gasteiger partial charge on any atom is -0.395 e. The second-order valence-electron chi connectivity index (χ2n) is 5.70. The molecule has 3 aromatic rings. The molecule has 0 N–H and O–H groups in total. The van der Waals surface area contributed by atoms with Gasteiger partial charge in [0.25, 0.3) is 0 Å². The second-order valence-corrected chi connectivity index (χ2v) is 8.69. The van der Waals surface area contributed by atoms with Gasteiger partial charge in [0, 0.05) is 15.4 Å². The second kappa shape index (κ2) is 9.82. The van der Waals surface area contributed by atoms with Gasteiger partial charge in [0.05, 0.1) is 0 Å². The first-order chi connectivity index (χ1) is 13.5. The van der Waals surface area contributed by atoms with Gasteiger partial charge >= 0.3 is 7.82 Å². The third-order valence-electron chi connectivity index (χ3n) is 3.63. The summed E-state index contributed by atoms with van der Waals surface area (Å²) >= 11 is 15.2. The van der Waals surface area contributed by atoms with Crippen molar-refractivity contribution < 1.29 is 18.1 Å². The zero-order chi connectivity index (χ0) is 20.0. The van der Waals surface area contributed by atoms with E-state index in [0.29, 0.717) is 26.9 Å². The van der Waals surface area contributed by atoms with Crippen LogP contribution in [-0.2, 0) is 9.09 Å². The van der Waals surface area contributed by atoms with Crippen molar-refractivity contribution in [2.75, 3.05) is 5.33 Å². The predicted molar refractivity (Wildman–Crippen MR) is 116 cm³/mol. The highest BCUT2D eigenvalue weighted by atomic mass is 79.9. The van der Waals surface area contributed by atoms with Crippen molar-refractivity contribution >= 4 is 47.0 Å². The molecule has 0 heterocycles. The van der Waals surface area contributed by atoms with E-state index in [0.717, 1.165) is 5.56 Å². The van der Waals surface area contributed by atoms with E-state index in [1.54, 1.807) is 48.5 Å². The van der Waals surface area contributed by atoms with Crippen LogP contribution in [0.25, 0.3) is 0 Å². The van der Waals surface area contributed by atoms with Crippen molar-refractivity contribution in [2.45, 2.75) is 6.10 Å². The molecule has 1 atom stereocenters. The topological polar surface area (TPSA) is 44.8 Å². The molecule has 3 aromatic carbocycles. The summed E-state index contributed by atoms with van der Waals surface area (Å²) < 4.78 is 30.6. The van der Waals surface area contributed by atoms with Crippen molar-refractivity contribution in [3.8, 4) is 11.5 Å². The Balaban J connectivity index is 1.89. The fourth-order valence-electron chi connectivity index (χ4n) is 2.31. The van der Waals surface area contributed by atoms with Crippen molar-refractivity contribution in [2.24, 2.45) is 0 Å². The Morgan fingerprint density at radius 2 is 1.25 bits per heavy atom. The highest BCUT2D eigenvalue weighted by molar-refractivity contribution is 9.09. The maximum absolute atomic E-state index is 13.5. The molecule has 0 spiro atoms. The Kier molecular flexibility index (Phi) is 7.44. The standard InChI is InChI=1S/C20H16BrCl2O4P/c21-14-20(15-4-2-1-3-5-15)27-28(24,25-18-10-6-16(22)7-11-18)26-19-12-8-17(23)9-13-19/h1-13,20H,14H2. The number of phosphoric acid groups is 1. The lowest BCUT2D eigenvalue weighted by Gasteiger charge is -2.23. The fraction of sp³-hybridized carbons (Fsp3) is 0.100. The summed E-state index contributed by atoms with van der Waals surface area (Å²) in [5, 5.41) is 1.46. The van der Waals surface area contributed by atoms with Gasteiger partial charge < -0.3 is 9.05 Å². The van der Waals surface area contributed by atoms with Crippen molar-refractivity contribution in [1.82, 2.24) is 0 Å². The largest absolute Gasteiger partial charge is 0.588 e. The van der Waals surface area contributed by atoms with E-state index < -0.39 is 13.9 Å². The van der Waals surface area contributed by atoms with Crippen LogP contribution in [0.4, 0.5) is 0 Å². The Morgan fingerprint density at radius 3 is 1.68 bits per heavy atom. The van der Waals surface area contributed by atoms with Gasteiger partial charge in [-0.3, -0.25) is 4.52 Å². The lowest BCUT2D eigenvalue weighted by atomic mass is 10.1. The van der Waals surface area contributed by atoms with Crippen LogP contribution in [0.3, 0.4) is 0 Å². The summed E-state index contributed by atoms with van der Waals surface area (Å²) in [5.41, 5.74) is 0.832. The molecule has 0 bridgehead atoms. The Morgan fingerprint density at radius 1 is 0.786 bits per heavy atom. The zero-order valence-electron chi connectivity index (χ0n) is 14.5. The van der Waals surface area contributed by atoms with Gasteiger partial charge in [-0.25, -0.2) is 4.57 Å². The van der Waals surface area contributed by atoms with Gasteiger partial charge in [-0.15, -0.1) is 0 Å². The van der Waals surface area contributed by atoms with Crippen molar-refractivity contribution in [3.63, 3.8) is 0 Å². The lowest BCUT2D eigenvalue weighted by Crippen LogP contribution is -2.11. The highest BCUT2D eigenvalue weighted by Crippen LogP contribution is 2.53. The van der Waals surface area contributed by atoms with Crippen LogP contribution < -0.4 is 9.05 Å². The van der Waals surface area contributed by atoms with Crippen molar-refractivity contribution in [3.05, 3.63) is 94.5 Å². The minimum absolute atomic E-state index is 0.308. The van der Waals surface area contributed by atoms with Crippen LogP contribution in [0.1, 0.15) is 11.7 Å². The first-order valence-electron chi connectivity index (χ1n) is 8.27. The number of benzene rings is 3. The van der Waals surface area contributed by atoms with Gasteiger partial charge in [0.1, 0.15) is 17.6 Å². The molecule has 0 aliphatic rings. The molecule has 0 aromatic heterocycles. The molecule has 0 radical (unpaired) electrons. The maximum Gasteiger partial charge on any atom is 0.588 e. The van der Waals surface area contributed by atoms with E-state index in [1.807, 2.05) is 30.3 Å². The molecule has 0 saturated carbocycles. The maximum atomic E-state index is 13.5. The molecule has 4 nitrogen and oxygen atoms in total. The van der Waals surface area contributed by atoms with Crippen LogP contribution in [-0.4, -0.2) is 5.33 Å². The predicted octanol–water partition coefficient (Wildman–Crippen LogP) is 7.71. The van der Waals surface area contributed by atoms with Gasteiger partial charge in [-0.1, -0.05) is 69.5 Å². The van der Waals surface area contributed by atoms with Gasteiger partial charge in [0.15, 0.2) is 0 Å². The van der Waals surface area contributed by atoms with E-state index in [4.69, 9.17) is 36.8 Å². The van der Waals surface area contributed by atoms with Crippen LogP contribution in [0, 0.1) is 0 Å². The van der Waals surface area contributed by atoms with Crippen LogP contribution in [0.2, 0.25) is 10.0 Å². The van der Waals surface area contributed by atoms with Gasteiger partial charge in [0.2, 0.25) is 0 Å². The van der Waals surface area contributed by atoms with Crippen LogP contribution >= 0.6 is 47.0 Å². The average molecular weight is 502 g/mol. The summed E-state index contributed by atoms with van der Waals surface area (Å²) in [5.74, 6) is 0.617. The number of rotatable bonds is 8. The number of phosphoric ester groups is 1. The molecule has 0 aliphatic heterocycles. The molecule has 3 rings (SSSR count). The fourth-order valence-corrected chi connectivity index (χ4v) is 4.67. The molecule has 0 amide bonds. The van der Waals surface area contributed by atoms with E-state index in [-0.39, 0.29) is 0 Å². The molecule has 0 fully saturated rings. The summed E-state index contributed by atoms with van der Waals surface area (Å²) in [6.07, 6.45) is -0.549. The number of hydrogen-bond donors (Lipinski definition) is 0. The smallest absolute Gasteiger partial charge is 0.395 e. The number of hydrogen-bond acceptors (Lipinski definition) is 4. The first kappa shape index (κ1) is 21.2. The molecule has 0 aliphatic carbocycles. The third-order valence-corrected chi connectivity index (χ3v) is 6.10. The summed E-state index contributed by atoms with van der Waals surface area (Å²) in [7, 11) is -4.05. The number of halogens is 3. The SMILES string of the molecule is O=P(Oc1ccc(Cl)cc1)(Oc1ccc(Cl)cc1)OC(CBr)c1ccccc1. The van der Waals surface area contributed by atoms with E-state index in [9.17, 15) is 4.57 Å². The third kappa shape index (κ3) is 6.00. The Bertz CT molecular complexity index is 885. The molecule has 0 saturated heterocycles. The molecule has 146 valence electrons. The molecular formula is C20H16BrCl2O4P. The van der Waals surface area contributed by atoms with E-state index in [1.165, 1.54) is 0 Å². The van der Waals surface area contributed by atoms with Crippen molar-refractivity contribution in [1.29, 1.82) is 0 Å². The van der Waals surface area contributed by atoms with Gasteiger partial charge in [-0.2, -0.15) is 0 Å². The van der Waals surface area contributed by atoms with Gasteiger partial charge in [-0.05, 0) is 54.1 Å². The zero-order valence-corrected chi connectivity index (χ0v) is 18.5. The molecule has 8 heteroatoms. The molecule has 1 unspecified atom stereocenters. The minimum atomic E-state index is -4.05. The number of alkyl halides is 1. The highest BCUT2D eigenvalue weighted by Gasteiger charge is 2.35. The normalized spacial score (nSPS) is 12.4. The monoisotopic (exact) mass is 500 g/mol. The van der Waals surface area contributed by atoms with Crippen LogP contribution in [0.15, 0.2) is 78.9 Å². The Labute approximate surface area is 182 Å². The average Bonchev–Trinajstić information content (AvgIpc) is 2.70. The Hall–Kier alpha value is -1.49. The lowest BCUT2D eigenvalue weighted by molar-refractivity contribution is 0.159. The molecular weight excluding hydrogens is 486 g/mol. The van der Waals surface area contributed by atoms with E-state index in [2.05, 4.69) is 15.9 Å². The molecule has 28 heavy (non-hydrogen) atoms. The van der Waals surface area contributed by atoms with Crippen LogP contribution in [0.5, 0.6) is 11.5 Å². The first-order valence-corrected chi connectivity index (χ1v) is 11.6. The van der Waals surface area contributed by atoms with E-state index >= 15 is 0 Å².